The molecule has 0 fully saturated rings. The molecule has 0 saturated heterocycles. The van der Waals surface area contributed by atoms with E-state index < -0.39 is 0 Å². The van der Waals surface area contributed by atoms with Gasteiger partial charge in [0.1, 0.15) is 5.82 Å². The largest absolute Gasteiger partial charge is 0.370 e. The Kier molecular flexibility index (Phi) is 4.20. The Bertz CT molecular complexity index is 540. The summed E-state index contributed by atoms with van der Waals surface area (Å²) in [6, 6.07) is 6.21. The molecular weight excluding hydrogens is 254 g/mol. The van der Waals surface area contributed by atoms with E-state index in [-0.39, 0.29) is 5.41 Å². The molecule has 0 amide bonds. The van der Waals surface area contributed by atoms with Gasteiger partial charge in [0.15, 0.2) is 5.82 Å². The first-order valence-electron chi connectivity index (χ1n) is 6.68. The summed E-state index contributed by atoms with van der Waals surface area (Å²) in [5.41, 5.74) is 0.182. The van der Waals surface area contributed by atoms with Crippen molar-refractivity contribution in [2.45, 2.75) is 39.5 Å². The number of hydrogen-bond acceptors (Lipinski definition) is 4. The van der Waals surface area contributed by atoms with Gasteiger partial charge in [-0.05, 0) is 30.0 Å². The molecule has 4 heteroatoms. The number of thiophene rings is 1. The van der Waals surface area contributed by atoms with Gasteiger partial charge in [-0.3, -0.25) is 0 Å². The van der Waals surface area contributed by atoms with Crippen LogP contribution in [-0.4, -0.2) is 16.5 Å². The minimum atomic E-state index is 0.182. The molecule has 3 nitrogen and oxygen atoms in total. The van der Waals surface area contributed by atoms with Gasteiger partial charge < -0.3 is 5.32 Å². The Morgan fingerprint density at radius 2 is 2.00 bits per heavy atom. The lowest BCUT2D eigenvalue weighted by Crippen LogP contribution is -2.07. The zero-order valence-electron chi connectivity index (χ0n) is 12.0. The number of nitrogens with one attached hydrogen (secondary N) is 1. The fourth-order valence-electron chi connectivity index (χ4n) is 1.69. The highest BCUT2D eigenvalue weighted by Gasteiger charge is 2.17. The minimum absolute atomic E-state index is 0.182. The van der Waals surface area contributed by atoms with Crippen molar-refractivity contribution in [2.24, 2.45) is 0 Å². The van der Waals surface area contributed by atoms with Gasteiger partial charge in [0, 0.05) is 17.6 Å². The number of nitrogens with zero attached hydrogens (tertiary/aromatic N) is 2. The second-order valence-electron chi connectivity index (χ2n) is 5.61. The average molecular weight is 275 g/mol. The Morgan fingerprint density at radius 3 is 2.63 bits per heavy atom. The highest BCUT2D eigenvalue weighted by Crippen LogP contribution is 2.33. The monoisotopic (exact) mass is 275 g/mol. The van der Waals surface area contributed by atoms with Crippen molar-refractivity contribution in [3.05, 3.63) is 29.3 Å². The molecule has 2 heterocycles. The van der Waals surface area contributed by atoms with E-state index in [0.717, 1.165) is 29.5 Å². The Balaban J connectivity index is 2.24. The predicted octanol–water partition coefficient (Wildman–Crippen LogP) is 4.32. The second-order valence-corrected chi connectivity index (χ2v) is 6.69. The van der Waals surface area contributed by atoms with E-state index >= 15 is 0 Å². The number of hydrogen-bond donors (Lipinski definition) is 1. The van der Waals surface area contributed by atoms with Crippen LogP contribution in [-0.2, 0) is 5.41 Å². The van der Waals surface area contributed by atoms with Crippen LogP contribution in [0.1, 0.15) is 39.0 Å². The minimum Gasteiger partial charge on any atom is -0.370 e. The lowest BCUT2D eigenvalue weighted by molar-refractivity contribution is 0.604. The zero-order valence-corrected chi connectivity index (χ0v) is 12.8. The molecule has 0 unspecified atom stereocenters. The number of aromatic nitrogens is 2. The van der Waals surface area contributed by atoms with Crippen molar-refractivity contribution in [1.82, 2.24) is 9.97 Å². The third-order valence-corrected chi connectivity index (χ3v) is 4.28. The maximum Gasteiger partial charge on any atom is 0.171 e. The molecule has 0 saturated carbocycles. The van der Waals surface area contributed by atoms with Crippen LogP contribution >= 0.6 is 11.3 Å². The van der Waals surface area contributed by atoms with Crippen molar-refractivity contribution in [3.63, 3.8) is 0 Å². The highest BCUT2D eigenvalue weighted by atomic mass is 32.1. The molecule has 2 aromatic heterocycles. The second kappa shape index (κ2) is 5.70. The molecule has 0 aromatic carbocycles. The van der Waals surface area contributed by atoms with Crippen molar-refractivity contribution in [3.8, 4) is 10.7 Å². The van der Waals surface area contributed by atoms with E-state index in [0.29, 0.717) is 0 Å². The highest BCUT2D eigenvalue weighted by molar-refractivity contribution is 7.15. The van der Waals surface area contributed by atoms with E-state index in [1.54, 1.807) is 11.3 Å². The SMILES string of the molecule is CCCNc1ccnc(-c2ccc(C(C)(C)C)s2)n1. The van der Waals surface area contributed by atoms with Crippen LogP contribution in [0.25, 0.3) is 10.7 Å². The van der Waals surface area contributed by atoms with Crippen LogP contribution in [0.2, 0.25) is 0 Å². The van der Waals surface area contributed by atoms with Crippen LogP contribution in [0.4, 0.5) is 5.82 Å². The fraction of sp³-hybridized carbons (Fsp3) is 0.467. The molecule has 2 aromatic rings. The van der Waals surface area contributed by atoms with Crippen molar-refractivity contribution in [2.75, 3.05) is 11.9 Å². The molecular formula is C15H21N3S. The molecule has 1 N–H and O–H groups in total. The van der Waals surface area contributed by atoms with Gasteiger partial charge in [-0.25, -0.2) is 9.97 Å². The van der Waals surface area contributed by atoms with Gasteiger partial charge in [0.05, 0.1) is 4.88 Å². The van der Waals surface area contributed by atoms with Gasteiger partial charge in [-0.2, -0.15) is 0 Å². The van der Waals surface area contributed by atoms with Gasteiger partial charge in [-0.1, -0.05) is 27.7 Å². The maximum atomic E-state index is 4.56. The number of rotatable bonds is 4. The van der Waals surface area contributed by atoms with Crippen LogP contribution in [0.3, 0.4) is 0 Å². The Labute approximate surface area is 119 Å². The maximum absolute atomic E-state index is 4.56. The summed E-state index contributed by atoms with van der Waals surface area (Å²) < 4.78 is 0. The predicted molar refractivity (Wildman–Crippen MR) is 82.8 cm³/mol. The quantitative estimate of drug-likeness (QED) is 0.902. The molecule has 102 valence electrons. The first kappa shape index (κ1) is 14.0. The van der Waals surface area contributed by atoms with Gasteiger partial charge >= 0.3 is 0 Å². The van der Waals surface area contributed by atoms with Gasteiger partial charge in [0.25, 0.3) is 0 Å². The lowest BCUT2D eigenvalue weighted by Gasteiger charge is -2.15. The van der Waals surface area contributed by atoms with E-state index in [2.05, 4.69) is 55.1 Å². The van der Waals surface area contributed by atoms with E-state index in [1.165, 1.54) is 4.88 Å². The molecule has 0 bridgehead atoms. The third kappa shape index (κ3) is 3.53. The zero-order chi connectivity index (χ0) is 13.9. The first-order chi connectivity index (χ1) is 9.00. The summed E-state index contributed by atoms with van der Waals surface area (Å²) in [4.78, 5) is 11.4. The summed E-state index contributed by atoms with van der Waals surface area (Å²) in [7, 11) is 0. The summed E-state index contributed by atoms with van der Waals surface area (Å²) in [5.74, 6) is 1.71. The standard InChI is InChI=1S/C15H21N3S/c1-5-9-16-13-8-10-17-14(18-13)11-6-7-12(19-11)15(2,3)4/h6-8,10H,5,9H2,1-4H3,(H,16,17,18). The summed E-state index contributed by atoms with van der Waals surface area (Å²) in [5, 5.41) is 3.30. The van der Waals surface area contributed by atoms with Crippen molar-refractivity contribution >= 4 is 17.2 Å². The van der Waals surface area contributed by atoms with E-state index in [9.17, 15) is 0 Å². The Hall–Kier alpha value is -1.42. The molecule has 19 heavy (non-hydrogen) atoms. The molecule has 0 atom stereocenters. The molecule has 0 radical (unpaired) electrons. The lowest BCUT2D eigenvalue weighted by atomic mass is 9.95. The van der Waals surface area contributed by atoms with Crippen LogP contribution in [0.5, 0.6) is 0 Å². The van der Waals surface area contributed by atoms with E-state index in [1.807, 2.05) is 12.3 Å². The molecule has 0 spiro atoms. The van der Waals surface area contributed by atoms with Gasteiger partial charge in [0.2, 0.25) is 0 Å². The fourth-order valence-corrected chi connectivity index (χ4v) is 2.70. The van der Waals surface area contributed by atoms with E-state index in [4.69, 9.17) is 0 Å². The van der Waals surface area contributed by atoms with Crippen LogP contribution < -0.4 is 5.32 Å². The van der Waals surface area contributed by atoms with Crippen LogP contribution in [0.15, 0.2) is 24.4 Å². The summed E-state index contributed by atoms with van der Waals surface area (Å²) >= 11 is 1.77. The van der Waals surface area contributed by atoms with Crippen molar-refractivity contribution < 1.29 is 0 Å². The first-order valence-corrected chi connectivity index (χ1v) is 7.50. The molecule has 0 aliphatic rings. The van der Waals surface area contributed by atoms with Gasteiger partial charge in [-0.15, -0.1) is 11.3 Å². The average Bonchev–Trinajstić information content (AvgIpc) is 2.86. The normalized spacial score (nSPS) is 11.6. The Morgan fingerprint density at radius 1 is 1.21 bits per heavy atom. The smallest absolute Gasteiger partial charge is 0.171 e. The molecule has 0 aliphatic carbocycles. The topological polar surface area (TPSA) is 37.8 Å². The summed E-state index contributed by atoms with van der Waals surface area (Å²) in [6.07, 6.45) is 2.91. The van der Waals surface area contributed by atoms with Crippen LogP contribution in [0, 0.1) is 0 Å². The summed E-state index contributed by atoms with van der Waals surface area (Å²) in [6.45, 7) is 9.76. The van der Waals surface area contributed by atoms with Crippen molar-refractivity contribution in [1.29, 1.82) is 0 Å². The third-order valence-electron chi connectivity index (χ3n) is 2.78. The molecule has 0 aliphatic heterocycles. The number of anilines is 1. The molecule has 2 rings (SSSR count).